The molecule has 0 aromatic carbocycles. The highest BCUT2D eigenvalue weighted by molar-refractivity contribution is 5.48. The van der Waals surface area contributed by atoms with E-state index in [1.807, 2.05) is 0 Å². The smallest absolute Gasteiger partial charge is 0.0423 e. The minimum atomic E-state index is 0.731. The van der Waals surface area contributed by atoms with Gasteiger partial charge in [-0.05, 0) is 42.4 Å². The molecule has 0 spiro atoms. The maximum Gasteiger partial charge on any atom is 0.0423 e. The van der Waals surface area contributed by atoms with E-state index in [-0.39, 0.29) is 0 Å². The Bertz CT molecular complexity index is 502. The first-order valence-corrected chi connectivity index (χ1v) is 5.44. The van der Waals surface area contributed by atoms with Crippen LogP contribution in [-0.2, 0) is 6.42 Å². The van der Waals surface area contributed by atoms with Gasteiger partial charge in [-0.1, -0.05) is 25.2 Å². The maximum absolute atomic E-state index is 3.52. The van der Waals surface area contributed by atoms with Crippen LogP contribution in [0.4, 0.5) is 0 Å². The van der Waals surface area contributed by atoms with Gasteiger partial charge in [0.2, 0.25) is 0 Å². The summed E-state index contributed by atoms with van der Waals surface area (Å²) >= 11 is 0. The predicted octanol–water partition coefficient (Wildman–Crippen LogP) is 1.59. The second-order valence-electron chi connectivity index (χ2n) is 4.33. The zero-order valence-electron chi connectivity index (χ0n) is 8.51. The lowest BCUT2D eigenvalue weighted by molar-refractivity contribution is 0.677. The molecule has 1 atom stereocenters. The lowest BCUT2D eigenvalue weighted by Crippen LogP contribution is -2.16. The largest absolute Gasteiger partial charge is 0.355 e. The minimum absolute atomic E-state index is 0.731. The molecule has 1 heterocycles. The molecule has 0 fully saturated rings. The third-order valence-corrected chi connectivity index (χ3v) is 3.37. The molecule has 2 aliphatic carbocycles. The van der Waals surface area contributed by atoms with Crippen molar-refractivity contribution in [3.05, 3.63) is 34.0 Å². The topological polar surface area (TPSA) is 15.8 Å². The highest BCUT2D eigenvalue weighted by Gasteiger charge is 2.18. The van der Waals surface area contributed by atoms with Crippen LogP contribution >= 0.6 is 0 Å². The molecule has 0 bridgehead atoms. The highest BCUT2D eigenvalue weighted by Crippen LogP contribution is 2.24. The molecule has 3 rings (SSSR count). The Balaban J connectivity index is 2.35. The van der Waals surface area contributed by atoms with Crippen LogP contribution in [-0.4, -0.2) is 4.98 Å². The van der Waals surface area contributed by atoms with Crippen LogP contribution in [0.1, 0.15) is 36.8 Å². The van der Waals surface area contributed by atoms with Crippen molar-refractivity contribution in [2.75, 3.05) is 0 Å². The number of hydrogen-bond donors (Lipinski definition) is 1. The third-order valence-electron chi connectivity index (χ3n) is 3.37. The summed E-state index contributed by atoms with van der Waals surface area (Å²) in [5.74, 6) is 0.731. The molecule has 1 nitrogen and oxygen atoms in total. The second-order valence-corrected chi connectivity index (χ2v) is 4.33. The number of nitrogens with one attached hydrogen (secondary N) is 1. The van der Waals surface area contributed by atoms with Crippen molar-refractivity contribution in [1.82, 2.24) is 4.98 Å². The van der Waals surface area contributed by atoms with E-state index in [4.69, 9.17) is 0 Å². The van der Waals surface area contributed by atoms with Gasteiger partial charge in [-0.25, -0.2) is 0 Å². The molecule has 14 heavy (non-hydrogen) atoms. The van der Waals surface area contributed by atoms with Gasteiger partial charge in [-0.3, -0.25) is 0 Å². The fourth-order valence-electron chi connectivity index (χ4n) is 2.65. The molecule has 0 saturated heterocycles. The van der Waals surface area contributed by atoms with Crippen LogP contribution in [0, 0.1) is 0 Å². The number of allylic oxidation sites excluding steroid dienone is 2. The average molecular weight is 185 g/mol. The molecule has 1 N–H and O–H groups in total. The molecule has 1 heteroatoms. The van der Waals surface area contributed by atoms with E-state index in [0.717, 1.165) is 12.3 Å². The lowest BCUT2D eigenvalue weighted by Gasteiger charge is -2.15. The van der Waals surface area contributed by atoms with Crippen molar-refractivity contribution in [1.29, 1.82) is 0 Å². The number of aromatic amines is 1. The Kier molecular flexibility index (Phi) is 1.66. The first-order valence-electron chi connectivity index (χ1n) is 5.44. The van der Waals surface area contributed by atoms with Gasteiger partial charge in [-0.15, -0.1) is 0 Å². The van der Waals surface area contributed by atoms with Gasteiger partial charge < -0.3 is 4.98 Å². The molecule has 72 valence electrons. The van der Waals surface area contributed by atoms with Gasteiger partial charge in [0, 0.05) is 10.7 Å². The van der Waals surface area contributed by atoms with Crippen molar-refractivity contribution in [2.24, 2.45) is 0 Å². The molecule has 0 saturated carbocycles. The van der Waals surface area contributed by atoms with Gasteiger partial charge in [0.25, 0.3) is 0 Å². The van der Waals surface area contributed by atoms with E-state index in [2.05, 4.69) is 36.2 Å². The van der Waals surface area contributed by atoms with E-state index in [0.29, 0.717) is 0 Å². The summed E-state index contributed by atoms with van der Waals surface area (Å²) in [5.41, 5.74) is 3.11. The summed E-state index contributed by atoms with van der Waals surface area (Å²) in [6.07, 6.45) is 12.6. The van der Waals surface area contributed by atoms with Gasteiger partial charge in [0.1, 0.15) is 0 Å². The monoisotopic (exact) mass is 185 g/mol. The van der Waals surface area contributed by atoms with Crippen LogP contribution in [0.3, 0.4) is 0 Å². The van der Waals surface area contributed by atoms with Gasteiger partial charge in [0.15, 0.2) is 0 Å². The van der Waals surface area contributed by atoms with E-state index < -0.39 is 0 Å². The van der Waals surface area contributed by atoms with Crippen molar-refractivity contribution in [3.63, 3.8) is 0 Å². The molecule has 1 aromatic rings. The summed E-state index contributed by atoms with van der Waals surface area (Å²) < 4.78 is 0. The molecule has 0 radical (unpaired) electrons. The zero-order valence-corrected chi connectivity index (χ0v) is 8.51. The molecule has 1 unspecified atom stereocenters. The van der Waals surface area contributed by atoms with Gasteiger partial charge in [-0.2, -0.15) is 0 Å². The summed E-state index contributed by atoms with van der Waals surface area (Å²) in [7, 11) is 0. The molecule has 1 aromatic heterocycles. The first-order chi connectivity index (χ1) is 6.86. The van der Waals surface area contributed by atoms with Gasteiger partial charge >= 0.3 is 0 Å². The Morgan fingerprint density at radius 1 is 1.36 bits per heavy atom. The van der Waals surface area contributed by atoms with Crippen molar-refractivity contribution in [3.8, 4) is 0 Å². The molecular weight excluding hydrogens is 170 g/mol. The van der Waals surface area contributed by atoms with Crippen LogP contribution < -0.4 is 10.7 Å². The summed E-state index contributed by atoms with van der Waals surface area (Å²) in [4.78, 5) is 3.52. The summed E-state index contributed by atoms with van der Waals surface area (Å²) in [6.45, 7) is 2.35. The summed E-state index contributed by atoms with van der Waals surface area (Å²) in [5, 5.41) is 2.72. The second kappa shape index (κ2) is 2.88. The fourth-order valence-corrected chi connectivity index (χ4v) is 2.65. The summed E-state index contributed by atoms with van der Waals surface area (Å²) in [6, 6.07) is 0. The quantitative estimate of drug-likeness (QED) is 0.631. The molecule has 0 aliphatic heterocycles. The Hall–Kier alpha value is -1.24. The van der Waals surface area contributed by atoms with Crippen LogP contribution in [0.15, 0.2) is 12.2 Å². The van der Waals surface area contributed by atoms with Crippen LogP contribution in [0.25, 0.3) is 12.2 Å². The number of rotatable bonds is 0. The standard InChI is InChI=1S/C13H15N/c1-9-5-4-8-12-13(9)10-6-2-3-7-11(10)14-12/h2-3,7-9,14H,4-6H2,1H3. The first kappa shape index (κ1) is 8.10. The predicted molar refractivity (Wildman–Crippen MR) is 59.5 cm³/mol. The third kappa shape index (κ3) is 1.02. The minimum Gasteiger partial charge on any atom is -0.355 e. The van der Waals surface area contributed by atoms with Crippen LogP contribution in [0.2, 0.25) is 0 Å². The number of H-pyrrole nitrogens is 1. The molecule has 2 aliphatic rings. The van der Waals surface area contributed by atoms with E-state index in [1.165, 1.54) is 29.1 Å². The maximum atomic E-state index is 3.52. The Morgan fingerprint density at radius 3 is 3.21 bits per heavy atom. The van der Waals surface area contributed by atoms with Crippen molar-refractivity contribution in [2.45, 2.75) is 32.1 Å². The van der Waals surface area contributed by atoms with E-state index in [1.54, 1.807) is 5.56 Å². The van der Waals surface area contributed by atoms with Crippen molar-refractivity contribution < 1.29 is 0 Å². The van der Waals surface area contributed by atoms with Crippen molar-refractivity contribution >= 4 is 12.2 Å². The van der Waals surface area contributed by atoms with E-state index >= 15 is 0 Å². The number of aromatic nitrogens is 1. The van der Waals surface area contributed by atoms with E-state index in [9.17, 15) is 0 Å². The SMILES string of the molecule is CC1CCC=c2[nH]c3c(c21)CC=CC=3. The van der Waals surface area contributed by atoms with Crippen LogP contribution in [0.5, 0.6) is 0 Å². The highest BCUT2D eigenvalue weighted by atomic mass is 14.7. The average Bonchev–Trinajstić information content (AvgIpc) is 2.57. The fraction of sp³-hybridized carbons (Fsp3) is 0.385. The number of fused-ring (bicyclic) bond motifs is 3. The molecular formula is C13H15N. The zero-order chi connectivity index (χ0) is 9.54. The lowest BCUT2D eigenvalue weighted by atomic mass is 9.89. The number of hydrogen-bond acceptors (Lipinski definition) is 0. The normalized spacial score (nSPS) is 23.4. The Morgan fingerprint density at radius 2 is 2.29 bits per heavy atom. The Labute approximate surface area is 83.8 Å². The molecule has 0 amide bonds. The van der Waals surface area contributed by atoms with Gasteiger partial charge in [0.05, 0.1) is 0 Å².